The van der Waals surface area contributed by atoms with Crippen LogP contribution in [-0.4, -0.2) is 10.8 Å². The Labute approximate surface area is 116 Å². The predicted molar refractivity (Wildman–Crippen MR) is 73.2 cm³/mol. The lowest BCUT2D eigenvalue weighted by Gasteiger charge is -2.06. The summed E-state index contributed by atoms with van der Waals surface area (Å²) in [7, 11) is 0. The highest BCUT2D eigenvalue weighted by molar-refractivity contribution is 6.30. The lowest BCUT2D eigenvalue weighted by atomic mass is 10.0. The van der Waals surface area contributed by atoms with Crippen molar-refractivity contribution >= 4 is 17.4 Å². The highest BCUT2D eigenvalue weighted by Gasteiger charge is 2.15. The lowest BCUT2D eigenvalue weighted by Crippen LogP contribution is -2.09. The standard InChI is InChI=1S/C15H13ClFNO/c1-9-6-10(2)15(18-8-9)13(19)7-11-4-3-5-12(16)14(11)17/h3-6,8H,7H2,1-2H3. The molecule has 0 bridgehead atoms. The third-order valence-corrected chi connectivity index (χ3v) is 3.15. The minimum Gasteiger partial charge on any atom is -0.292 e. The number of carbonyl (C=O) groups excluding carboxylic acids is 1. The Balaban J connectivity index is 2.28. The molecule has 1 aromatic carbocycles. The Hall–Kier alpha value is -1.74. The Kier molecular flexibility index (Phi) is 3.96. The molecule has 0 amide bonds. The summed E-state index contributed by atoms with van der Waals surface area (Å²) in [5.41, 5.74) is 2.46. The van der Waals surface area contributed by atoms with E-state index in [9.17, 15) is 9.18 Å². The molecule has 0 aliphatic carbocycles. The molecule has 1 aromatic heterocycles. The van der Waals surface area contributed by atoms with Crippen molar-refractivity contribution in [2.45, 2.75) is 20.3 Å². The number of pyridine rings is 1. The number of aromatic nitrogens is 1. The molecule has 98 valence electrons. The summed E-state index contributed by atoms with van der Waals surface area (Å²) in [6, 6.07) is 6.53. The van der Waals surface area contributed by atoms with E-state index in [4.69, 9.17) is 11.6 Å². The van der Waals surface area contributed by atoms with Gasteiger partial charge in [0.2, 0.25) is 0 Å². The summed E-state index contributed by atoms with van der Waals surface area (Å²) < 4.78 is 13.7. The van der Waals surface area contributed by atoms with E-state index in [1.807, 2.05) is 19.9 Å². The van der Waals surface area contributed by atoms with Crippen molar-refractivity contribution in [2.75, 3.05) is 0 Å². The zero-order valence-electron chi connectivity index (χ0n) is 10.7. The maximum absolute atomic E-state index is 13.7. The first-order valence-corrected chi connectivity index (χ1v) is 6.26. The van der Waals surface area contributed by atoms with Crippen LogP contribution in [0.15, 0.2) is 30.5 Å². The van der Waals surface area contributed by atoms with Gasteiger partial charge >= 0.3 is 0 Å². The van der Waals surface area contributed by atoms with Gasteiger partial charge in [-0.1, -0.05) is 29.8 Å². The van der Waals surface area contributed by atoms with Crippen molar-refractivity contribution < 1.29 is 9.18 Å². The van der Waals surface area contributed by atoms with E-state index in [1.165, 1.54) is 6.07 Å². The molecule has 0 saturated carbocycles. The van der Waals surface area contributed by atoms with Crippen LogP contribution in [0.5, 0.6) is 0 Å². The Morgan fingerprint density at radius 3 is 2.79 bits per heavy atom. The van der Waals surface area contributed by atoms with Gasteiger partial charge in [0, 0.05) is 12.6 Å². The van der Waals surface area contributed by atoms with Crippen LogP contribution < -0.4 is 0 Å². The molecule has 2 aromatic rings. The van der Waals surface area contributed by atoms with Crippen LogP contribution in [0, 0.1) is 19.7 Å². The second-order valence-electron chi connectivity index (χ2n) is 4.49. The minimum absolute atomic E-state index is 0.0267. The van der Waals surface area contributed by atoms with Crippen LogP contribution in [-0.2, 0) is 6.42 Å². The first-order chi connectivity index (χ1) is 8.99. The van der Waals surface area contributed by atoms with Gasteiger partial charge in [0.05, 0.1) is 5.02 Å². The highest BCUT2D eigenvalue weighted by Crippen LogP contribution is 2.19. The monoisotopic (exact) mass is 277 g/mol. The molecular weight excluding hydrogens is 265 g/mol. The van der Waals surface area contributed by atoms with Crippen LogP contribution >= 0.6 is 11.6 Å². The van der Waals surface area contributed by atoms with Gasteiger partial charge in [0.25, 0.3) is 0 Å². The van der Waals surface area contributed by atoms with Crippen molar-refractivity contribution in [3.8, 4) is 0 Å². The van der Waals surface area contributed by atoms with Gasteiger partial charge in [-0.15, -0.1) is 0 Å². The second kappa shape index (κ2) is 5.49. The number of benzene rings is 1. The van der Waals surface area contributed by atoms with Gasteiger partial charge in [0.1, 0.15) is 11.5 Å². The average molecular weight is 278 g/mol. The van der Waals surface area contributed by atoms with Crippen LogP contribution in [0.1, 0.15) is 27.2 Å². The minimum atomic E-state index is -0.540. The third kappa shape index (κ3) is 2.99. The van der Waals surface area contributed by atoms with Gasteiger partial charge in [-0.3, -0.25) is 9.78 Å². The lowest BCUT2D eigenvalue weighted by molar-refractivity contribution is 0.0986. The summed E-state index contributed by atoms with van der Waals surface area (Å²) in [4.78, 5) is 16.3. The molecule has 2 rings (SSSR count). The largest absolute Gasteiger partial charge is 0.292 e. The first kappa shape index (κ1) is 13.7. The Morgan fingerprint density at radius 1 is 1.37 bits per heavy atom. The molecule has 0 saturated heterocycles. The van der Waals surface area contributed by atoms with E-state index >= 15 is 0 Å². The van der Waals surface area contributed by atoms with Crippen molar-refractivity contribution in [3.05, 3.63) is 63.7 Å². The molecular formula is C15H13ClFNO. The number of Topliss-reactive ketones (excluding diaryl/α,β-unsaturated/α-hetero) is 1. The van der Waals surface area contributed by atoms with E-state index in [0.29, 0.717) is 11.3 Å². The predicted octanol–water partition coefficient (Wildman–Crippen LogP) is 3.92. The van der Waals surface area contributed by atoms with Gasteiger partial charge in [-0.05, 0) is 36.6 Å². The van der Waals surface area contributed by atoms with Crippen molar-refractivity contribution in [1.82, 2.24) is 4.98 Å². The molecule has 0 atom stereocenters. The van der Waals surface area contributed by atoms with Gasteiger partial charge < -0.3 is 0 Å². The molecule has 0 aliphatic rings. The van der Waals surface area contributed by atoms with E-state index < -0.39 is 5.82 Å². The average Bonchev–Trinajstić information content (AvgIpc) is 2.34. The maximum atomic E-state index is 13.7. The van der Waals surface area contributed by atoms with E-state index in [2.05, 4.69) is 4.98 Å². The SMILES string of the molecule is Cc1cnc(C(=O)Cc2cccc(Cl)c2F)c(C)c1. The smallest absolute Gasteiger partial charge is 0.185 e. The molecule has 1 heterocycles. The molecule has 0 unspecified atom stereocenters. The topological polar surface area (TPSA) is 30.0 Å². The maximum Gasteiger partial charge on any atom is 0.185 e. The van der Waals surface area contributed by atoms with E-state index in [0.717, 1.165) is 11.1 Å². The Bertz CT molecular complexity index is 640. The van der Waals surface area contributed by atoms with Crippen molar-refractivity contribution in [3.63, 3.8) is 0 Å². The number of nitrogens with zero attached hydrogens (tertiary/aromatic N) is 1. The number of rotatable bonds is 3. The van der Waals surface area contributed by atoms with Crippen molar-refractivity contribution in [2.24, 2.45) is 0 Å². The molecule has 4 heteroatoms. The number of aryl methyl sites for hydroxylation is 2. The third-order valence-electron chi connectivity index (χ3n) is 2.86. The molecule has 2 nitrogen and oxygen atoms in total. The molecule has 0 spiro atoms. The molecule has 19 heavy (non-hydrogen) atoms. The molecule has 0 aliphatic heterocycles. The van der Waals surface area contributed by atoms with Crippen LogP contribution in [0.3, 0.4) is 0 Å². The molecule has 0 N–H and O–H groups in total. The van der Waals surface area contributed by atoms with E-state index in [-0.39, 0.29) is 17.2 Å². The number of ketones is 1. The fourth-order valence-electron chi connectivity index (χ4n) is 1.95. The first-order valence-electron chi connectivity index (χ1n) is 5.88. The van der Waals surface area contributed by atoms with E-state index in [1.54, 1.807) is 18.3 Å². The number of carbonyl (C=O) groups is 1. The highest BCUT2D eigenvalue weighted by atomic mass is 35.5. The van der Waals surface area contributed by atoms with Crippen LogP contribution in [0.2, 0.25) is 5.02 Å². The summed E-state index contributed by atoms with van der Waals surface area (Å²) in [6.07, 6.45) is 1.60. The van der Waals surface area contributed by atoms with Crippen LogP contribution in [0.4, 0.5) is 4.39 Å². The molecule has 0 radical (unpaired) electrons. The number of hydrogen-bond donors (Lipinski definition) is 0. The van der Waals surface area contributed by atoms with Gasteiger partial charge in [0.15, 0.2) is 5.78 Å². The van der Waals surface area contributed by atoms with Crippen molar-refractivity contribution in [1.29, 1.82) is 0 Å². The quantitative estimate of drug-likeness (QED) is 0.796. The fourth-order valence-corrected chi connectivity index (χ4v) is 2.14. The normalized spacial score (nSPS) is 10.5. The van der Waals surface area contributed by atoms with Crippen LogP contribution in [0.25, 0.3) is 0 Å². The summed E-state index contributed by atoms with van der Waals surface area (Å²) in [5.74, 6) is -0.749. The van der Waals surface area contributed by atoms with Gasteiger partial charge in [-0.25, -0.2) is 4.39 Å². The fraction of sp³-hybridized carbons (Fsp3) is 0.200. The Morgan fingerprint density at radius 2 is 2.11 bits per heavy atom. The van der Waals surface area contributed by atoms with Gasteiger partial charge in [-0.2, -0.15) is 0 Å². The summed E-state index contributed by atoms with van der Waals surface area (Å²) in [5, 5.41) is 0.0267. The number of hydrogen-bond acceptors (Lipinski definition) is 2. The zero-order chi connectivity index (χ0) is 14.0. The summed E-state index contributed by atoms with van der Waals surface area (Å²) in [6.45, 7) is 3.73. The number of halogens is 2. The second-order valence-corrected chi connectivity index (χ2v) is 4.90. The molecule has 0 fully saturated rings. The summed E-state index contributed by atoms with van der Waals surface area (Å²) >= 11 is 5.69. The zero-order valence-corrected chi connectivity index (χ0v) is 11.5.